The first kappa shape index (κ1) is 18.3. The summed E-state index contributed by atoms with van der Waals surface area (Å²) >= 11 is 0. The number of para-hydroxylation sites is 2. The van der Waals surface area contributed by atoms with Gasteiger partial charge in [-0.15, -0.1) is 0 Å². The van der Waals surface area contributed by atoms with Crippen LogP contribution < -0.4 is 4.57 Å². The van der Waals surface area contributed by atoms with Crippen molar-refractivity contribution in [1.82, 2.24) is 4.57 Å². The van der Waals surface area contributed by atoms with Crippen LogP contribution in [0.15, 0.2) is 42.5 Å². The fourth-order valence-electron chi connectivity index (χ4n) is 4.74. The quantitative estimate of drug-likeness (QED) is 0.477. The SMILES string of the molecule is Cc1cc(C(C)(C)C)ccc1-c1n(C2CCCCC2)c2ccccc2[n+]1C. The molecule has 1 aromatic heterocycles. The van der Waals surface area contributed by atoms with Crippen LogP contribution in [0, 0.1) is 6.92 Å². The molecule has 1 saturated carbocycles. The Balaban J connectivity index is 1.95. The van der Waals surface area contributed by atoms with Crippen molar-refractivity contribution in [3.63, 3.8) is 0 Å². The zero-order valence-electron chi connectivity index (χ0n) is 17.5. The first-order valence-electron chi connectivity index (χ1n) is 10.5. The Hall–Kier alpha value is -2.09. The predicted octanol–water partition coefficient (Wildman–Crippen LogP) is 6.24. The molecule has 2 heteroatoms. The molecule has 1 heterocycles. The standard InChI is InChI=1S/C25H33N2/c1-18-17-19(25(2,3)4)15-16-21(18)24-26(5)22-13-9-10-14-23(22)27(24)20-11-7-6-8-12-20/h9-10,13-17,20H,6-8,11-12H2,1-5H3/q+1. The first-order chi connectivity index (χ1) is 12.9. The van der Waals surface area contributed by atoms with E-state index in [1.807, 2.05) is 0 Å². The van der Waals surface area contributed by atoms with Crippen molar-refractivity contribution in [3.8, 4) is 11.4 Å². The molecule has 3 aromatic rings. The average molecular weight is 362 g/mol. The zero-order chi connectivity index (χ0) is 19.2. The van der Waals surface area contributed by atoms with E-state index >= 15 is 0 Å². The topological polar surface area (TPSA) is 8.81 Å². The van der Waals surface area contributed by atoms with Gasteiger partial charge in [0.15, 0.2) is 11.0 Å². The minimum Gasteiger partial charge on any atom is -0.226 e. The monoisotopic (exact) mass is 361 g/mol. The lowest BCUT2D eigenvalue weighted by Crippen LogP contribution is -2.31. The van der Waals surface area contributed by atoms with Gasteiger partial charge in [0.05, 0.1) is 12.6 Å². The van der Waals surface area contributed by atoms with Crippen LogP contribution in [0.4, 0.5) is 0 Å². The summed E-state index contributed by atoms with van der Waals surface area (Å²) in [7, 11) is 2.23. The highest BCUT2D eigenvalue weighted by Crippen LogP contribution is 2.36. The van der Waals surface area contributed by atoms with E-state index in [0.29, 0.717) is 6.04 Å². The van der Waals surface area contributed by atoms with E-state index in [2.05, 4.69) is 86.3 Å². The molecule has 0 amide bonds. The molecule has 2 aromatic carbocycles. The van der Waals surface area contributed by atoms with Gasteiger partial charge in [0.2, 0.25) is 0 Å². The Bertz CT molecular complexity index is 966. The number of benzene rings is 2. The number of aryl methyl sites for hydroxylation is 2. The van der Waals surface area contributed by atoms with Crippen LogP contribution in [0.2, 0.25) is 0 Å². The van der Waals surface area contributed by atoms with Gasteiger partial charge in [0, 0.05) is 0 Å². The van der Waals surface area contributed by atoms with Crippen LogP contribution in [-0.4, -0.2) is 4.57 Å². The molecule has 1 aliphatic rings. The fourth-order valence-corrected chi connectivity index (χ4v) is 4.74. The van der Waals surface area contributed by atoms with Crippen LogP contribution in [-0.2, 0) is 12.5 Å². The summed E-state index contributed by atoms with van der Waals surface area (Å²) in [5.74, 6) is 1.36. The molecule has 0 N–H and O–H groups in total. The maximum absolute atomic E-state index is 2.65. The van der Waals surface area contributed by atoms with Gasteiger partial charge in [-0.3, -0.25) is 0 Å². The van der Waals surface area contributed by atoms with Gasteiger partial charge in [0.1, 0.15) is 6.04 Å². The molecule has 1 aliphatic carbocycles. The Morgan fingerprint density at radius 1 is 0.963 bits per heavy atom. The van der Waals surface area contributed by atoms with Crippen molar-refractivity contribution < 1.29 is 4.57 Å². The molecule has 142 valence electrons. The minimum atomic E-state index is 0.182. The highest BCUT2D eigenvalue weighted by molar-refractivity contribution is 5.77. The van der Waals surface area contributed by atoms with Gasteiger partial charge in [0.25, 0.3) is 5.82 Å². The number of nitrogens with zero attached hydrogens (tertiary/aromatic N) is 2. The maximum Gasteiger partial charge on any atom is 0.290 e. The van der Waals surface area contributed by atoms with Crippen LogP contribution in [0.5, 0.6) is 0 Å². The molecule has 2 nitrogen and oxygen atoms in total. The molecule has 0 unspecified atom stereocenters. The molecule has 0 aliphatic heterocycles. The van der Waals surface area contributed by atoms with Crippen molar-refractivity contribution in [2.75, 3.05) is 0 Å². The van der Waals surface area contributed by atoms with Crippen molar-refractivity contribution >= 4 is 11.0 Å². The molecule has 0 radical (unpaired) electrons. The van der Waals surface area contributed by atoms with E-state index in [4.69, 9.17) is 0 Å². The number of hydrogen-bond acceptors (Lipinski definition) is 0. The van der Waals surface area contributed by atoms with Gasteiger partial charge in [-0.1, -0.05) is 51.5 Å². The molecule has 4 rings (SSSR count). The minimum absolute atomic E-state index is 0.182. The van der Waals surface area contributed by atoms with E-state index in [1.54, 1.807) is 0 Å². The number of aromatic nitrogens is 2. The van der Waals surface area contributed by atoms with Gasteiger partial charge in [-0.05, 0) is 67.3 Å². The van der Waals surface area contributed by atoms with Crippen LogP contribution in [0.25, 0.3) is 22.4 Å². The molecular weight excluding hydrogens is 328 g/mol. The molecular formula is C25H33N2+. The molecule has 0 bridgehead atoms. The summed E-state index contributed by atoms with van der Waals surface area (Å²) in [6.07, 6.45) is 6.68. The van der Waals surface area contributed by atoms with Gasteiger partial charge in [-0.2, -0.15) is 0 Å². The Kier molecular flexibility index (Phi) is 4.61. The zero-order valence-corrected chi connectivity index (χ0v) is 17.5. The highest BCUT2D eigenvalue weighted by Gasteiger charge is 2.31. The number of imidazole rings is 1. The van der Waals surface area contributed by atoms with Gasteiger partial charge >= 0.3 is 0 Å². The van der Waals surface area contributed by atoms with Gasteiger partial charge in [-0.25, -0.2) is 9.13 Å². The largest absolute Gasteiger partial charge is 0.290 e. The molecule has 1 fully saturated rings. The number of hydrogen-bond donors (Lipinski definition) is 0. The highest BCUT2D eigenvalue weighted by atomic mass is 15.2. The van der Waals surface area contributed by atoms with Crippen molar-refractivity contribution in [3.05, 3.63) is 53.6 Å². The summed E-state index contributed by atoms with van der Waals surface area (Å²) in [6.45, 7) is 9.15. The third-order valence-corrected chi connectivity index (χ3v) is 6.32. The molecule has 0 saturated heterocycles. The third-order valence-electron chi connectivity index (χ3n) is 6.32. The summed E-state index contributed by atoms with van der Waals surface area (Å²) < 4.78 is 5.05. The van der Waals surface area contributed by atoms with E-state index < -0.39 is 0 Å². The van der Waals surface area contributed by atoms with Crippen LogP contribution in [0.1, 0.15) is 70.0 Å². The number of rotatable bonds is 2. The summed E-state index contributed by atoms with van der Waals surface area (Å²) in [5.41, 5.74) is 7.04. The van der Waals surface area contributed by atoms with E-state index in [0.717, 1.165) is 0 Å². The third kappa shape index (κ3) is 3.20. The van der Waals surface area contributed by atoms with E-state index in [9.17, 15) is 0 Å². The second-order valence-electron chi connectivity index (χ2n) is 9.31. The summed E-state index contributed by atoms with van der Waals surface area (Å²) in [6, 6.07) is 16.6. The molecule has 27 heavy (non-hydrogen) atoms. The van der Waals surface area contributed by atoms with Crippen molar-refractivity contribution in [2.45, 2.75) is 71.3 Å². The maximum atomic E-state index is 2.65. The lowest BCUT2D eigenvalue weighted by Gasteiger charge is -2.22. The van der Waals surface area contributed by atoms with Crippen molar-refractivity contribution in [1.29, 1.82) is 0 Å². The van der Waals surface area contributed by atoms with Crippen LogP contribution in [0.3, 0.4) is 0 Å². The second kappa shape index (κ2) is 6.82. The average Bonchev–Trinajstić information content (AvgIpc) is 2.94. The normalized spacial score (nSPS) is 16.2. The Morgan fingerprint density at radius 2 is 1.67 bits per heavy atom. The van der Waals surface area contributed by atoms with Crippen molar-refractivity contribution in [2.24, 2.45) is 7.05 Å². The Labute approximate surface area is 163 Å². The smallest absolute Gasteiger partial charge is 0.226 e. The molecule has 0 spiro atoms. The predicted molar refractivity (Wildman–Crippen MR) is 114 cm³/mol. The second-order valence-corrected chi connectivity index (χ2v) is 9.31. The Morgan fingerprint density at radius 3 is 2.33 bits per heavy atom. The summed E-state index contributed by atoms with van der Waals surface area (Å²) in [5, 5.41) is 0. The molecule has 0 atom stereocenters. The van der Waals surface area contributed by atoms with E-state index in [-0.39, 0.29) is 5.41 Å². The summed E-state index contributed by atoms with van der Waals surface area (Å²) in [4.78, 5) is 0. The number of fused-ring (bicyclic) bond motifs is 1. The van der Waals surface area contributed by atoms with Crippen LogP contribution >= 0.6 is 0 Å². The van der Waals surface area contributed by atoms with Gasteiger partial charge < -0.3 is 0 Å². The lowest BCUT2D eigenvalue weighted by molar-refractivity contribution is -0.634. The van der Waals surface area contributed by atoms with E-state index in [1.165, 1.54) is 65.7 Å². The fraction of sp³-hybridized carbons (Fsp3) is 0.480. The first-order valence-corrected chi connectivity index (χ1v) is 10.5. The lowest BCUT2D eigenvalue weighted by atomic mass is 9.85.